The number of rotatable bonds is 5. The number of aromatic nitrogens is 3. The summed E-state index contributed by atoms with van der Waals surface area (Å²) in [6, 6.07) is 57.2. The van der Waals surface area contributed by atoms with E-state index < -0.39 is 0 Å². The van der Waals surface area contributed by atoms with Crippen molar-refractivity contribution in [3.05, 3.63) is 175 Å². The van der Waals surface area contributed by atoms with E-state index in [0.717, 1.165) is 60.9 Å². The Hall–Kier alpha value is -6.65. The molecular weight excluding hydrogens is 635 g/mol. The molecule has 2 heterocycles. The minimum Gasteiger partial charge on any atom is -0.456 e. The third kappa shape index (κ3) is 4.79. The molecule has 0 unspecified atom stereocenters. The molecule has 9 aromatic rings. The standard InChI is InChI=1S/C48H33N3O/c1-48(2)40-24-11-9-19-35(40)36-21-13-23-39(44(36)48)47-50-45(49-46(51-47)38-22-14-26-42-43(38)37-20-10-12-25-41(37)52-42)34-28-32(30-15-5-3-6-16-30)27-33(29-34)31-17-7-4-8-18-31/h3-29H,1-2H3. The molecule has 0 saturated heterocycles. The van der Waals surface area contributed by atoms with Gasteiger partial charge in [-0.25, -0.2) is 15.0 Å². The van der Waals surface area contributed by atoms with Gasteiger partial charge in [-0.3, -0.25) is 0 Å². The summed E-state index contributed by atoms with van der Waals surface area (Å²) in [6.07, 6.45) is 0. The fraction of sp³-hybridized carbons (Fsp3) is 0.0625. The third-order valence-electron chi connectivity index (χ3n) is 10.5. The van der Waals surface area contributed by atoms with Crippen LogP contribution in [-0.2, 0) is 5.41 Å². The molecule has 0 atom stereocenters. The van der Waals surface area contributed by atoms with E-state index in [-0.39, 0.29) is 5.41 Å². The molecule has 7 aromatic carbocycles. The SMILES string of the molecule is CC1(C)c2ccccc2-c2cccc(-c3nc(-c4cc(-c5ccccc5)cc(-c5ccccc5)c4)nc(-c4cccc5oc6ccccc6c45)n3)c21. The topological polar surface area (TPSA) is 51.8 Å². The molecule has 4 nitrogen and oxygen atoms in total. The third-order valence-corrected chi connectivity index (χ3v) is 10.5. The first kappa shape index (κ1) is 30.2. The summed E-state index contributed by atoms with van der Waals surface area (Å²) >= 11 is 0. The summed E-state index contributed by atoms with van der Waals surface area (Å²) in [6.45, 7) is 4.61. The minimum absolute atomic E-state index is 0.246. The first-order valence-corrected chi connectivity index (χ1v) is 17.7. The molecule has 0 N–H and O–H groups in total. The largest absolute Gasteiger partial charge is 0.456 e. The number of para-hydroxylation sites is 1. The summed E-state index contributed by atoms with van der Waals surface area (Å²) in [5.41, 5.74) is 13.7. The van der Waals surface area contributed by atoms with E-state index in [1.807, 2.05) is 42.5 Å². The Kier molecular flexibility index (Phi) is 6.80. The Bertz CT molecular complexity index is 2760. The summed E-state index contributed by atoms with van der Waals surface area (Å²) in [5, 5.41) is 2.03. The zero-order chi connectivity index (χ0) is 34.8. The molecule has 0 saturated carbocycles. The zero-order valence-corrected chi connectivity index (χ0v) is 28.8. The number of furan rings is 1. The lowest BCUT2D eigenvalue weighted by molar-refractivity contribution is 0.661. The molecule has 4 heteroatoms. The van der Waals surface area contributed by atoms with Crippen molar-refractivity contribution in [3.8, 4) is 67.5 Å². The van der Waals surface area contributed by atoms with Crippen LogP contribution in [0.25, 0.3) is 89.5 Å². The number of benzene rings is 7. The Balaban J connectivity index is 1.27. The van der Waals surface area contributed by atoms with Gasteiger partial charge in [0.2, 0.25) is 0 Å². The average molecular weight is 668 g/mol. The van der Waals surface area contributed by atoms with Gasteiger partial charge >= 0.3 is 0 Å². The van der Waals surface area contributed by atoms with E-state index in [2.05, 4.69) is 135 Å². The van der Waals surface area contributed by atoms with Crippen LogP contribution in [0.2, 0.25) is 0 Å². The van der Waals surface area contributed by atoms with Crippen molar-refractivity contribution in [2.75, 3.05) is 0 Å². The fourth-order valence-electron chi connectivity index (χ4n) is 8.09. The molecule has 246 valence electrons. The lowest BCUT2D eigenvalue weighted by Crippen LogP contribution is -2.17. The van der Waals surface area contributed by atoms with Gasteiger partial charge in [-0.15, -0.1) is 0 Å². The normalized spacial score (nSPS) is 13.0. The number of hydrogen-bond donors (Lipinski definition) is 0. The molecule has 2 aromatic heterocycles. The maximum Gasteiger partial charge on any atom is 0.164 e. The van der Waals surface area contributed by atoms with Crippen molar-refractivity contribution in [3.63, 3.8) is 0 Å². The average Bonchev–Trinajstić information content (AvgIpc) is 3.70. The fourth-order valence-corrected chi connectivity index (χ4v) is 8.09. The van der Waals surface area contributed by atoms with Crippen LogP contribution >= 0.6 is 0 Å². The second-order valence-electron chi connectivity index (χ2n) is 14.0. The Morgan fingerprint density at radius 2 is 0.923 bits per heavy atom. The van der Waals surface area contributed by atoms with Crippen molar-refractivity contribution >= 4 is 21.9 Å². The Labute approximate surface area is 302 Å². The van der Waals surface area contributed by atoms with Crippen LogP contribution < -0.4 is 0 Å². The van der Waals surface area contributed by atoms with Crippen LogP contribution in [0.4, 0.5) is 0 Å². The van der Waals surface area contributed by atoms with Gasteiger partial charge < -0.3 is 4.42 Å². The predicted molar refractivity (Wildman–Crippen MR) is 212 cm³/mol. The molecule has 1 aliphatic rings. The summed E-state index contributed by atoms with van der Waals surface area (Å²) in [7, 11) is 0. The number of fused-ring (bicyclic) bond motifs is 6. The highest BCUT2D eigenvalue weighted by Gasteiger charge is 2.38. The summed E-state index contributed by atoms with van der Waals surface area (Å²) in [5.74, 6) is 1.87. The van der Waals surface area contributed by atoms with Crippen LogP contribution in [0, 0.1) is 0 Å². The highest BCUT2D eigenvalue weighted by atomic mass is 16.3. The number of hydrogen-bond acceptors (Lipinski definition) is 4. The molecule has 10 rings (SSSR count). The van der Waals surface area contributed by atoms with Gasteiger partial charge in [-0.05, 0) is 74.8 Å². The van der Waals surface area contributed by atoms with Crippen molar-refractivity contribution in [2.45, 2.75) is 19.3 Å². The molecule has 0 spiro atoms. The Morgan fingerprint density at radius 1 is 0.404 bits per heavy atom. The van der Waals surface area contributed by atoms with Gasteiger partial charge in [0, 0.05) is 32.9 Å². The van der Waals surface area contributed by atoms with Gasteiger partial charge in [0.15, 0.2) is 17.5 Å². The van der Waals surface area contributed by atoms with Crippen LogP contribution in [-0.4, -0.2) is 15.0 Å². The lowest BCUT2D eigenvalue weighted by Gasteiger charge is -2.24. The molecule has 0 fully saturated rings. The smallest absolute Gasteiger partial charge is 0.164 e. The van der Waals surface area contributed by atoms with Crippen LogP contribution in [0.15, 0.2) is 168 Å². The van der Waals surface area contributed by atoms with Crippen molar-refractivity contribution in [1.29, 1.82) is 0 Å². The maximum absolute atomic E-state index is 6.33. The van der Waals surface area contributed by atoms with Crippen LogP contribution in [0.5, 0.6) is 0 Å². The Morgan fingerprint density at radius 3 is 1.67 bits per heavy atom. The van der Waals surface area contributed by atoms with Gasteiger partial charge in [-0.2, -0.15) is 0 Å². The van der Waals surface area contributed by atoms with E-state index in [9.17, 15) is 0 Å². The minimum atomic E-state index is -0.246. The van der Waals surface area contributed by atoms with Crippen molar-refractivity contribution < 1.29 is 4.42 Å². The predicted octanol–water partition coefficient (Wildman–Crippen LogP) is 12.4. The molecule has 0 radical (unpaired) electrons. The summed E-state index contributed by atoms with van der Waals surface area (Å²) in [4.78, 5) is 16.0. The summed E-state index contributed by atoms with van der Waals surface area (Å²) < 4.78 is 6.33. The second-order valence-corrected chi connectivity index (χ2v) is 14.0. The van der Waals surface area contributed by atoms with Gasteiger partial charge in [-0.1, -0.05) is 147 Å². The highest BCUT2D eigenvalue weighted by molar-refractivity contribution is 6.11. The first-order valence-electron chi connectivity index (χ1n) is 17.7. The van der Waals surface area contributed by atoms with Gasteiger partial charge in [0.05, 0.1) is 0 Å². The van der Waals surface area contributed by atoms with Gasteiger partial charge in [0.25, 0.3) is 0 Å². The van der Waals surface area contributed by atoms with Crippen molar-refractivity contribution in [1.82, 2.24) is 15.0 Å². The quantitative estimate of drug-likeness (QED) is 0.183. The zero-order valence-electron chi connectivity index (χ0n) is 28.8. The van der Waals surface area contributed by atoms with E-state index in [1.54, 1.807) is 0 Å². The van der Waals surface area contributed by atoms with E-state index in [1.165, 1.54) is 22.3 Å². The lowest BCUT2D eigenvalue weighted by atomic mass is 9.80. The molecule has 0 bridgehead atoms. The highest BCUT2D eigenvalue weighted by Crippen LogP contribution is 2.52. The van der Waals surface area contributed by atoms with Crippen molar-refractivity contribution in [2.24, 2.45) is 0 Å². The molecule has 52 heavy (non-hydrogen) atoms. The van der Waals surface area contributed by atoms with Crippen LogP contribution in [0.3, 0.4) is 0 Å². The van der Waals surface area contributed by atoms with E-state index >= 15 is 0 Å². The molecule has 0 aliphatic heterocycles. The van der Waals surface area contributed by atoms with E-state index in [0.29, 0.717) is 17.5 Å². The number of nitrogens with zero attached hydrogens (tertiary/aromatic N) is 3. The molecular formula is C48H33N3O. The maximum atomic E-state index is 6.33. The van der Waals surface area contributed by atoms with Crippen LogP contribution in [0.1, 0.15) is 25.0 Å². The molecule has 0 amide bonds. The van der Waals surface area contributed by atoms with Gasteiger partial charge in [0.1, 0.15) is 11.2 Å². The second kappa shape index (κ2) is 11.7. The monoisotopic (exact) mass is 667 g/mol. The van der Waals surface area contributed by atoms with E-state index in [4.69, 9.17) is 19.4 Å². The first-order chi connectivity index (χ1) is 25.5. The molecule has 1 aliphatic carbocycles.